The van der Waals surface area contributed by atoms with Gasteiger partial charge < -0.3 is 14.8 Å². The number of aromatic nitrogens is 2. The van der Waals surface area contributed by atoms with E-state index in [4.69, 9.17) is 4.74 Å². The number of carbonyl (C=O) groups excluding carboxylic acids is 1. The Balaban J connectivity index is 1.58. The number of alkyl halides is 3. The van der Waals surface area contributed by atoms with Crippen molar-refractivity contribution in [3.63, 3.8) is 0 Å². The van der Waals surface area contributed by atoms with Crippen molar-refractivity contribution in [3.8, 4) is 0 Å². The van der Waals surface area contributed by atoms with Gasteiger partial charge in [0.2, 0.25) is 0 Å². The number of benzene rings is 1. The molecule has 2 aromatic rings. The molecule has 0 aliphatic carbocycles. The minimum Gasteiger partial charge on any atom is -0.440 e. The van der Waals surface area contributed by atoms with Gasteiger partial charge in [0.15, 0.2) is 6.61 Å². The van der Waals surface area contributed by atoms with Crippen LogP contribution in [-0.2, 0) is 16.0 Å². The molecule has 1 aliphatic rings. The van der Waals surface area contributed by atoms with Crippen LogP contribution in [0.25, 0.3) is 10.9 Å². The Morgan fingerprint density at radius 2 is 2.00 bits per heavy atom. The van der Waals surface area contributed by atoms with E-state index in [1.807, 2.05) is 24.3 Å². The molecule has 0 atom stereocenters. The smallest absolute Gasteiger partial charge is 0.422 e. The number of para-hydroxylation sites is 1. The second-order valence-electron chi connectivity index (χ2n) is 6.32. The summed E-state index contributed by atoms with van der Waals surface area (Å²) in [7, 11) is 0. The average Bonchev–Trinajstić information content (AvgIpc) is 2.70. The lowest BCUT2D eigenvalue weighted by Gasteiger charge is -2.25. The van der Waals surface area contributed by atoms with Crippen molar-refractivity contribution in [2.75, 3.05) is 45.2 Å². The Bertz CT molecular complexity index is 832. The largest absolute Gasteiger partial charge is 0.440 e. The molecule has 11 heteroatoms. The quantitative estimate of drug-likeness (QED) is 0.411. The van der Waals surface area contributed by atoms with Crippen molar-refractivity contribution in [2.45, 2.75) is 17.7 Å². The van der Waals surface area contributed by atoms with Gasteiger partial charge in [0, 0.05) is 30.8 Å². The fraction of sp³-hybridized carbons (Fsp3) is 0.500. The average molecular weight is 430 g/mol. The maximum atomic E-state index is 12.0. The molecule has 2 heterocycles. The van der Waals surface area contributed by atoms with E-state index in [1.54, 1.807) is 0 Å². The first kappa shape index (κ1) is 21.6. The molecule has 0 radical (unpaired) electrons. The van der Waals surface area contributed by atoms with E-state index in [0.717, 1.165) is 29.0 Å². The SMILES string of the molecule is O=C(NCCSc1nc(CN2CCOCC2)nc2ccccc12)OCC(F)(F)F. The second-order valence-corrected chi connectivity index (χ2v) is 7.40. The lowest BCUT2D eigenvalue weighted by Crippen LogP contribution is -2.36. The van der Waals surface area contributed by atoms with E-state index < -0.39 is 18.9 Å². The van der Waals surface area contributed by atoms with Gasteiger partial charge in [0.25, 0.3) is 0 Å². The molecule has 1 aliphatic heterocycles. The predicted octanol–water partition coefficient (Wildman–Crippen LogP) is 2.84. The molecule has 7 nitrogen and oxygen atoms in total. The highest BCUT2D eigenvalue weighted by Gasteiger charge is 2.29. The first-order valence-corrected chi connectivity index (χ1v) is 10.1. The minimum absolute atomic E-state index is 0.151. The highest BCUT2D eigenvalue weighted by Crippen LogP contribution is 2.25. The Morgan fingerprint density at radius 3 is 2.76 bits per heavy atom. The summed E-state index contributed by atoms with van der Waals surface area (Å²) in [5.74, 6) is 1.13. The number of thioether (sulfide) groups is 1. The summed E-state index contributed by atoms with van der Waals surface area (Å²) in [6.07, 6.45) is -5.63. The highest BCUT2D eigenvalue weighted by molar-refractivity contribution is 7.99. The monoisotopic (exact) mass is 430 g/mol. The van der Waals surface area contributed by atoms with Crippen LogP contribution < -0.4 is 5.32 Å². The van der Waals surface area contributed by atoms with Crippen LogP contribution in [0, 0.1) is 0 Å². The molecular weight excluding hydrogens is 409 g/mol. The van der Waals surface area contributed by atoms with Crippen LogP contribution in [0.1, 0.15) is 5.82 Å². The van der Waals surface area contributed by atoms with Crippen molar-refractivity contribution in [1.29, 1.82) is 0 Å². The summed E-state index contributed by atoms with van der Waals surface area (Å²) < 4.78 is 45.6. The second kappa shape index (κ2) is 10.1. The van der Waals surface area contributed by atoms with Gasteiger partial charge in [-0.15, -0.1) is 11.8 Å². The zero-order valence-corrected chi connectivity index (χ0v) is 16.4. The standard InChI is InChI=1S/C18H21F3N4O3S/c19-18(20,21)12-28-17(26)22-5-10-29-16-13-3-1-2-4-14(13)23-15(24-16)11-25-6-8-27-9-7-25/h1-4H,5-12H2,(H,22,26). The predicted molar refractivity (Wildman–Crippen MR) is 102 cm³/mol. The molecule has 158 valence electrons. The summed E-state index contributed by atoms with van der Waals surface area (Å²) in [5, 5.41) is 3.97. The van der Waals surface area contributed by atoms with Crippen LogP contribution in [-0.4, -0.2) is 72.3 Å². The van der Waals surface area contributed by atoms with E-state index >= 15 is 0 Å². The molecule has 1 fully saturated rings. The Morgan fingerprint density at radius 1 is 1.24 bits per heavy atom. The zero-order chi connectivity index (χ0) is 20.7. The third kappa shape index (κ3) is 7.02. The zero-order valence-electron chi connectivity index (χ0n) is 15.6. The van der Waals surface area contributed by atoms with E-state index in [1.165, 1.54) is 11.8 Å². The van der Waals surface area contributed by atoms with Gasteiger partial charge in [-0.2, -0.15) is 13.2 Å². The van der Waals surface area contributed by atoms with Crippen LogP contribution >= 0.6 is 11.8 Å². The van der Waals surface area contributed by atoms with Gasteiger partial charge in [0.1, 0.15) is 10.9 Å². The molecule has 1 aromatic heterocycles. The number of nitrogens with one attached hydrogen (secondary N) is 1. The molecule has 1 N–H and O–H groups in total. The number of ether oxygens (including phenoxy) is 2. The number of halogens is 3. The van der Waals surface area contributed by atoms with Crippen LogP contribution in [0.3, 0.4) is 0 Å². The highest BCUT2D eigenvalue weighted by atomic mass is 32.2. The van der Waals surface area contributed by atoms with E-state index in [-0.39, 0.29) is 6.54 Å². The fourth-order valence-electron chi connectivity index (χ4n) is 2.73. The van der Waals surface area contributed by atoms with Crippen LogP contribution in [0.2, 0.25) is 0 Å². The number of hydrogen-bond acceptors (Lipinski definition) is 7. The third-order valence-corrected chi connectivity index (χ3v) is 5.05. The number of alkyl carbamates (subject to hydrolysis) is 1. The molecule has 0 spiro atoms. The Hall–Kier alpha value is -2.11. The number of fused-ring (bicyclic) bond motifs is 1. The van der Waals surface area contributed by atoms with Gasteiger partial charge in [0.05, 0.1) is 25.3 Å². The molecule has 0 unspecified atom stereocenters. The molecule has 1 aromatic carbocycles. The molecule has 1 saturated heterocycles. The van der Waals surface area contributed by atoms with E-state index in [2.05, 4.69) is 24.9 Å². The summed E-state index contributed by atoms with van der Waals surface area (Å²) in [5.41, 5.74) is 0.825. The maximum Gasteiger partial charge on any atom is 0.422 e. The molecule has 1 amide bonds. The van der Waals surface area contributed by atoms with Crippen LogP contribution in [0.4, 0.5) is 18.0 Å². The Labute approximate surface area is 170 Å². The van der Waals surface area contributed by atoms with Crippen molar-refractivity contribution < 1.29 is 27.4 Å². The molecule has 29 heavy (non-hydrogen) atoms. The van der Waals surface area contributed by atoms with E-state index in [0.29, 0.717) is 31.3 Å². The van der Waals surface area contributed by atoms with Crippen LogP contribution in [0.5, 0.6) is 0 Å². The van der Waals surface area contributed by atoms with E-state index in [9.17, 15) is 18.0 Å². The number of morpholine rings is 1. The van der Waals surface area contributed by atoms with Gasteiger partial charge >= 0.3 is 12.3 Å². The van der Waals surface area contributed by atoms with Crippen LogP contribution in [0.15, 0.2) is 29.3 Å². The molecule has 0 saturated carbocycles. The number of carbonyl (C=O) groups is 1. The lowest BCUT2D eigenvalue weighted by molar-refractivity contribution is -0.160. The van der Waals surface area contributed by atoms with Gasteiger partial charge in [-0.1, -0.05) is 18.2 Å². The summed E-state index contributed by atoms with van der Waals surface area (Å²) in [6.45, 7) is 2.18. The summed E-state index contributed by atoms with van der Waals surface area (Å²) in [6, 6.07) is 7.63. The van der Waals surface area contributed by atoms with Gasteiger partial charge in [-0.05, 0) is 6.07 Å². The van der Waals surface area contributed by atoms with Gasteiger partial charge in [-0.3, -0.25) is 4.90 Å². The lowest BCUT2D eigenvalue weighted by atomic mass is 10.2. The molecule has 3 rings (SSSR count). The van der Waals surface area contributed by atoms with Gasteiger partial charge in [-0.25, -0.2) is 14.8 Å². The first-order valence-electron chi connectivity index (χ1n) is 9.07. The summed E-state index contributed by atoms with van der Waals surface area (Å²) in [4.78, 5) is 22.8. The minimum atomic E-state index is -4.54. The third-order valence-electron chi connectivity index (χ3n) is 4.06. The number of amides is 1. The summed E-state index contributed by atoms with van der Waals surface area (Å²) >= 11 is 1.40. The van der Waals surface area contributed by atoms with Crippen molar-refractivity contribution in [2.24, 2.45) is 0 Å². The normalized spacial score (nSPS) is 15.4. The van der Waals surface area contributed by atoms with Crippen molar-refractivity contribution in [3.05, 3.63) is 30.1 Å². The number of hydrogen-bond donors (Lipinski definition) is 1. The fourth-order valence-corrected chi connectivity index (χ4v) is 3.63. The van der Waals surface area contributed by atoms with Crippen molar-refractivity contribution in [1.82, 2.24) is 20.2 Å². The van der Waals surface area contributed by atoms with Crippen molar-refractivity contribution >= 4 is 28.8 Å². The Kier molecular flexibility index (Phi) is 7.51. The first-order chi connectivity index (χ1) is 13.9. The topological polar surface area (TPSA) is 76.6 Å². The molecular formula is C18H21F3N4O3S. The maximum absolute atomic E-state index is 12.0. The molecule has 0 bridgehead atoms. The number of rotatable bonds is 7. The number of nitrogens with zero attached hydrogens (tertiary/aromatic N) is 3.